The molecule has 0 spiro atoms. The molecule has 3 aromatic rings. The predicted octanol–water partition coefficient (Wildman–Crippen LogP) is 3.67. The number of anilines is 1. The van der Waals surface area contributed by atoms with Crippen LogP contribution in [0.1, 0.15) is 33.4 Å². The maximum absolute atomic E-state index is 13.8. The minimum atomic E-state index is -0.785. The summed E-state index contributed by atoms with van der Waals surface area (Å²) in [7, 11) is 7.76. The van der Waals surface area contributed by atoms with Gasteiger partial charge in [0.15, 0.2) is 23.0 Å². The van der Waals surface area contributed by atoms with Crippen molar-refractivity contribution in [2.24, 2.45) is 0 Å². The number of likely N-dealkylation sites (N-methyl/N-ethyl adjacent to an activating group) is 1. The Morgan fingerprint density at radius 3 is 2.17 bits per heavy atom. The fourth-order valence-corrected chi connectivity index (χ4v) is 4.43. The van der Waals surface area contributed by atoms with E-state index in [0.717, 1.165) is 0 Å². The predicted molar refractivity (Wildman–Crippen MR) is 130 cm³/mol. The van der Waals surface area contributed by atoms with Gasteiger partial charge in [-0.2, -0.15) is 0 Å². The summed E-state index contributed by atoms with van der Waals surface area (Å²) in [6, 6.07) is 13.3. The molecular weight excluding hydrogens is 450 g/mol. The first kappa shape index (κ1) is 23.9. The van der Waals surface area contributed by atoms with Crippen molar-refractivity contribution in [1.82, 2.24) is 9.88 Å². The van der Waals surface area contributed by atoms with Crippen molar-refractivity contribution < 1.29 is 28.5 Å². The highest BCUT2D eigenvalue weighted by atomic mass is 16.5. The van der Waals surface area contributed by atoms with E-state index in [9.17, 15) is 9.59 Å². The molecule has 1 N–H and O–H groups in total. The standard InChI is InChI=1S/C26H27N3O6/c1-29-24(15-9-10-18(32-2)19(12-15)33-3)23(25(30)28-22-8-6-7-11-27-22)16-13-20(34-4)21(35-5)14-17(16)26(29)31/h6-14,23-24H,1-5H3,(H,27,28,30). The van der Waals surface area contributed by atoms with Gasteiger partial charge in [-0.25, -0.2) is 4.98 Å². The highest BCUT2D eigenvalue weighted by Gasteiger charge is 2.44. The maximum Gasteiger partial charge on any atom is 0.254 e. The number of hydrogen-bond donors (Lipinski definition) is 1. The molecule has 1 aromatic heterocycles. The molecule has 182 valence electrons. The lowest BCUT2D eigenvalue weighted by molar-refractivity contribution is -0.119. The second kappa shape index (κ2) is 9.92. The Balaban J connectivity index is 1.90. The largest absolute Gasteiger partial charge is 0.493 e. The molecular formula is C26H27N3O6. The van der Waals surface area contributed by atoms with Gasteiger partial charge in [0.05, 0.1) is 40.4 Å². The molecule has 0 radical (unpaired) electrons. The zero-order valence-corrected chi connectivity index (χ0v) is 20.2. The number of nitrogens with zero attached hydrogens (tertiary/aromatic N) is 2. The number of rotatable bonds is 7. The normalized spacial score (nSPS) is 16.8. The number of hydrogen-bond acceptors (Lipinski definition) is 7. The van der Waals surface area contributed by atoms with Gasteiger partial charge in [-0.05, 0) is 47.5 Å². The minimum absolute atomic E-state index is 0.248. The highest BCUT2D eigenvalue weighted by molar-refractivity contribution is 6.04. The molecule has 0 saturated heterocycles. The summed E-state index contributed by atoms with van der Waals surface area (Å²) in [5.74, 6) is 0.915. The Morgan fingerprint density at radius 2 is 1.54 bits per heavy atom. The monoisotopic (exact) mass is 477 g/mol. The fraction of sp³-hybridized carbons (Fsp3) is 0.269. The van der Waals surface area contributed by atoms with Crippen LogP contribution in [0.3, 0.4) is 0 Å². The molecule has 35 heavy (non-hydrogen) atoms. The van der Waals surface area contributed by atoms with Crippen molar-refractivity contribution in [2.45, 2.75) is 12.0 Å². The Bertz CT molecular complexity index is 1250. The van der Waals surface area contributed by atoms with Gasteiger partial charge in [-0.3, -0.25) is 9.59 Å². The second-order valence-corrected chi connectivity index (χ2v) is 7.95. The molecule has 2 heterocycles. The number of carbonyl (C=O) groups is 2. The first-order chi connectivity index (χ1) is 16.9. The third-order valence-corrected chi connectivity index (χ3v) is 6.12. The number of ether oxygens (including phenoxy) is 4. The number of fused-ring (bicyclic) bond motifs is 1. The van der Waals surface area contributed by atoms with Crippen molar-refractivity contribution >= 4 is 17.6 Å². The molecule has 2 amide bonds. The van der Waals surface area contributed by atoms with Gasteiger partial charge in [-0.1, -0.05) is 12.1 Å². The van der Waals surface area contributed by atoms with E-state index in [0.29, 0.717) is 45.5 Å². The zero-order valence-electron chi connectivity index (χ0n) is 20.2. The number of nitrogens with one attached hydrogen (secondary N) is 1. The van der Waals surface area contributed by atoms with E-state index >= 15 is 0 Å². The molecule has 0 aliphatic carbocycles. The minimum Gasteiger partial charge on any atom is -0.493 e. The molecule has 1 aliphatic rings. The highest BCUT2D eigenvalue weighted by Crippen LogP contribution is 2.47. The van der Waals surface area contributed by atoms with Crippen molar-refractivity contribution in [3.8, 4) is 23.0 Å². The SMILES string of the molecule is COc1ccc(C2C(C(=O)Nc3ccccn3)c3cc(OC)c(OC)cc3C(=O)N2C)cc1OC. The van der Waals surface area contributed by atoms with Gasteiger partial charge in [-0.15, -0.1) is 0 Å². The van der Waals surface area contributed by atoms with Crippen LogP contribution in [-0.2, 0) is 4.79 Å². The second-order valence-electron chi connectivity index (χ2n) is 7.95. The summed E-state index contributed by atoms with van der Waals surface area (Å²) in [5, 5.41) is 2.89. The summed E-state index contributed by atoms with van der Waals surface area (Å²) in [6.07, 6.45) is 1.60. The quantitative estimate of drug-likeness (QED) is 0.554. The topological polar surface area (TPSA) is 99.2 Å². The average Bonchev–Trinajstić information content (AvgIpc) is 2.89. The molecule has 1 aliphatic heterocycles. The summed E-state index contributed by atoms with van der Waals surface area (Å²) < 4.78 is 21.7. The first-order valence-electron chi connectivity index (χ1n) is 10.9. The van der Waals surface area contributed by atoms with Crippen LogP contribution < -0.4 is 24.3 Å². The van der Waals surface area contributed by atoms with E-state index in [1.165, 1.54) is 21.3 Å². The zero-order chi connectivity index (χ0) is 25.1. The molecule has 0 fully saturated rings. The van der Waals surface area contributed by atoms with E-state index in [4.69, 9.17) is 18.9 Å². The van der Waals surface area contributed by atoms with Crippen LogP contribution in [0, 0.1) is 0 Å². The van der Waals surface area contributed by atoms with Crippen molar-refractivity contribution in [3.63, 3.8) is 0 Å². The Hall–Kier alpha value is -4.27. The van der Waals surface area contributed by atoms with Gasteiger partial charge in [0.2, 0.25) is 5.91 Å². The third-order valence-electron chi connectivity index (χ3n) is 6.12. The van der Waals surface area contributed by atoms with E-state index in [1.807, 2.05) is 6.07 Å². The maximum atomic E-state index is 13.8. The molecule has 9 heteroatoms. The number of benzene rings is 2. The lowest BCUT2D eigenvalue weighted by Gasteiger charge is -2.40. The number of amides is 2. The summed E-state index contributed by atoms with van der Waals surface area (Å²) in [6.45, 7) is 0. The molecule has 2 aromatic carbocycles. The number of pyridine rings is 1. The van der Waals surface area contributed by atoms with Crippen LogP contribution in [0.15, 0.2) is 54.7 Å². The Morgan fingerprint density at radius 1 is 0.886 bits per heavy atom. The van der Waals surface area contributed by atoms with Crippen molar-refractivity contribution in [2.75, 3.05) is 40.8 Å². The number of methoxy groups -OCH3 is 4. The average molecular weight is 478 g/mol. The molecule has 2 unspecified atom stereocenters. The van der Waals surface area contributed by atoms with Crippen LogP contribution in [-0.4, -0.2) is 57.2 Å². The fourth-order valence-electron chi connectivity index (χ4n) is 4.43. The smallest absolute Gasteiger partial charge is 0.254 e. The van der Waals surface area contributed by atoms with Gasteiger partial charge >= 0.3 is 0 Å². The van der Waals surface area contributed by atoms with Crippen molar-refractivity contribution in [3.05, 3.63) is 71.4 Å². The lowest BCUT2D eigenvalue weighted by Crippen LogP contribution is -2.44. The number of aromatic nitrogens is 1. The van der Waals surface area contributed by atoms with Gasteiger partial charge in [0.1, 0.15) is 5.82 Å². The van der Waals surface area contributed by atoms with Gasteiger partial charge in [0.25, 0.3) is 5.91 Å². The van der Waals surface area contributed by atoms with E-state index in [-0.39, 0.29) is 11.8 Å². The van der Waals surface area contributed by atoms with Crippen LogP contribution in [0.4, 0.5) is 5.82 Å². The summed E-state index contributed by atoms with van der Waals surface area (Å²) >= 11 is 0. The lowest BCUT2D eigenvalue weighted by atomic mass is 9.79. The number of carbonyl (C=O) groups excluding carboxylic acids is 2. The molecule has 2 atom stereocenters. The summed E-state index contributed by atoms with van der Waals surface area (Å²) in [5.41, 5.74) is 1.60. The molecule has 0 bridgehead atoms. The van der Waals surface area contributed by atoms with Crippen LogP contribution >= 0.6 is 0 Å². The van der Waals surface area contributed by atoms with E-state index < -0.39 is 12.0 Å². The van der Waals surface area contributed by atoms with Crippen LogP contribution in [0.25, 0.3) is 0 Å². The van der Waals surface area contributed by atoms with Crippen LogP contribution in [0.2, 0.25) is 0 Å². The van der Waals surface area contributed by atoms with Crippen LogP contribution in [0.5, 0.6) is 23.0 Å². The van der Waals surface area contributed by atoms with E-state index in [1.54, 1.807) is 67.7 Å². The summed E-state index contributed by atoms with van der Waals surface area (Å²) in [4.78, 5) is 33.1. The molecule has 0 saturated carbocycles. The molecule has 4 rings (SSSR count). The van der Waals surface area contributed by atoms with Crippen molar-refractivity contribution in [1.29, 1.82) is 0 Å². The third kappa shape index (κ3) is 4.32. The first-order valence-corrected chi connectivity index (χ1v) is 10.9. The Labute approximate surface area is 203 Å². The van der Waals surface area contributed by atoms with Gasteiger partial charge < -0.3 is 29.2 Å². The Kier molecular flexibility index (Phi) is 6.77. The van der Waals surface area contributed by atoms with E-state index in [2.05, 4.69) is 10.3 Å². The molecule has 9 nitrogen and oxygen atoms in total. The van der Waals surface area contributed by atoms with Gasteiger partial charge in [0, 0.05) is 18.8 Å².